The molecule has 0 amide bonds. The SMILES string of the molecule is Cc1ccc(CCN2CCC(c3nnc4n3CCCc3sccc3-4)CC2)cc1. The van der Waals surface area contributed by atoms with Crippen LogP contribution in [0.2, 0.25) is 0 Å². The van der Waals surface area contributed by atoms with Gasteiger partial charge in [-0.15, -0.1) is 21.5 Å². The number of piperidine rings is 1. The van der Waals surface area contributed by atoms with Crippen molar-refractivity contribution < 1.29 is 0 Å². The van der Waals surface area contributed by atoms with Crippen LogP contribution in [0.3, 0.4) is 0 Å². The maximum absolute atomic E-state index is 4.67. The number of aryl methyl sites for hydroxylation is 2. The fourth-order valence-corrected chi connectivity index (χ4v) is 5.54. The van der Waals surface area contributed by atoms with Crippen molar-refractivity contribution in [2.45, 2.75) is 51.5 Å². The molecule has 5 rings (SSSR count). The van der Waals surface area contributed by atoms with Crippen LogP contribution in [0.25, 0.3) is 11.4 Å². The average molecular weight is 393 g/mol. The summed E-state index contributed by atoms with van der Waals surface area (Å²) in [5.41, 5.74) is 4.10. The summed E-state index contributed by atoms with van der Waals surface area (Å²) < 4.78 is 2.42. The lowest BCUT2D eigenvalue weighted by molar-refractivity contribution is 0.209. The lowest BCUT2D eigenvalue weighted by Gasteiger charge is -2.31. The Kier molecular flexibility index (Phi) is 5.03. The number of hydrogen-bond acceptors (Lipinski definition) is 4. The molecule has 4 heterocycles. The van der Waals surface area contributed by atoms with Gasteiger partial charge in [-0.25, -0.2) is 0 Å². The van der Waals surface area contributed by atoms with E-state index in [1.54, 1.807) is 0 Å². The molecule has 1 fully saturated rings. The summed E-state index contributed by atoms with van der Waals surface area (Å²) in [6.45, 7) is 6.71. The summed E-state index contributed by atoms with van der Waals surface area (Å²) in [4.78, 5) is 4.09. The minimum absolute atomic E-state index is 0.553. The molecule has 0 saturated carbocycles. The zero-order valence-corrected chi connectivity index (χ0v) is 17.4. The monoisotopic (exact) mass is 392 g/mol. The van der Waals surface area contributed by atoms with Crippen LogP contribution in [0.4, 0.5) is 0 Å². The molecule has 1 saturated heterocycles. The molecule has 5 heteroatoms. The number of hydrogen-bond donors (Lipinski definition) is 0. The first-order valence-electron chi connectivity index (χ1n) is 10.6. The molecule has 0 bridgehead atoms. The van der Waals surface area contributed by atoms with E-state index in [0.29, 0.717) is 5.92 Å². The van der Waals surface area contributed by atoms with Crippen LogP contribution in [0.15, 0.2) is 35.7 Å². The maximum Gasteiger partial charge on any atom is 0.165 e. The number of aromatic nitrogens is 3. The van der Waals surface area contributed by atoms with E-state index in [1.807, 2.05) is 11.3 Å². The average Bonchev–Trinajstić information content (AvgIpc) is 3.32. The van der Waals surface area contributed by atoms with Gasteiger partial charge in [0.15, 0.2) is 5.82 Å². The molecule has 1 aromatic carbocycles. The van der Waals surface area contributed by atoms with Crippen molar-refractivity contribution in [3.63, 3.8) is 0 Å². The van der Waals surface area contributed by atoms with Crippen LogP contribution in [0.1, 0.15) is 47.0 Å². The van der Waals surface area contributed by atoms with Gasteiger partial charge in [0, 0.05) is 29.4 Å². The number of rotatable bonds is 4. The standard InChI is InChI=1S/C23H28N4S/c1-17-4-6-18(7-5-17)8-13-26-14-9-19(10-15-26)22-24-25-23-20-11-16-28-21(20)3-2-12-27(22)23/h4-7,11,16,19H,2-3,8-10,12-15H2,1H3. The van der Waals surface area contributed by atoms with E-state index in [4.69, 9.17) is 0 Å². The molecule has 0 spiro atoms. The van der Waals surface area contributed by atoms with E-state index >= 15 is 0 Å². The first kappa shape index (κ1) is 18.1. The second-order valence-corrected chi connectivity index (χ2v) is 9.25. The molecule has 0 N–H and O–H groups in total. The third-order valence-electron chi connectivity index (χ3n) is 6.34. The molecular weight excluding hydrogens is 364 g/mol. The number of nitrogens with zero attached hydrogens (tertiary/aromatic N) is 4. The largest absolute Gasteiger partial charge is 0.311 e. The number of thiophene rings is 1. The van der Waals surface area contributed by atoms with Gasteiger partial charge >= 0.3 is 0 Å². The summed E-state index contributed by atoms with van der Waals surface area (Å²) in [6, 6.07) is 11.2. The Balaban J connectivity index is 1.23. The van der Waals surface area contributed by atoms with Crippen LogP contribution in [-0.4, -0.2) is 39.3 Å². The van der Waals surface area contributed by atoms with Crippen LogP contribution in [-0.2, 0) is 19.4 Å². The highest BCUT2D eigenvalue weighted by molar-refractivity contribution is 7.10. The van der Waals surface area contributed by atoms with Crippen molar-refractivity contribution in [2.24, 2.45) is 0 Å². The van der Waals surface area contributed by atoms with E-state index in [0.717, 1.165) is 25.3 Å². The molecule has 2 aliphatic rings. The van der Waals surface area contributed by atoms with E-state index in [1.165, 1.54) is 66.2 Å². The molecule has 28 heavy (non-hydrogen) atoms. The van der Waals surface area contributed by atoms with Gasteiger partial charge in [-0.1, -0.05) is 29.8 Å². The molecule has 4 nitrogen and oxygen atoms in total. The van der Waals surface area contributed by atoms with Crippen molar-refractivity contribution in [1.29, 1.82) is 0 Å². The zero-order valence-electron chi connectivity index (χ0n) is 16.6. The molecule has 2 aliphatic heterocycles. The Bertz CT molecular complexity index is 932. The molecule has 2 aromatic heterocycles. The van der Waals surface area contributed by atoms with Crippen LogP contribution in [0.5, 0.6) is 0 Å². The normalized spacial score (nSPS) is 17.9. The van der Waals surface area contributed by atoms with Gasteiger partial charge < -0.3 is 9.47 Å². The summed E-state index contributed by atoms with van der Waals surface area (Å²) in [5.74, 6) is 2.88. The topological polar surface area (TPSA) is 34.0 Å². The Morgan fingerprint density at radius 2 is 1.86 bits per heavy atom. The van der Waals surface area contributed by atoms with E-state index in [-0.39, 0.29) is 0 Å². The summed E-state index contributed by atoms with van der Waals surface area (Å²) in [7, 11) is 0. The molecule has 0 aliphatic carbocycles. The van der Waals surface area contributed by atoms with Gasteiger partial charge in [0.25, 0.3) is 0 Å². The molecule has 0 atom stereocenters. The van der Waals surface area contributed by atoms with Gasteiger partial charge in [0.05, 0.1) is 0 Å². The summed E-state index contributed by atoms with van der Waals surface area (Å²) >= 11 is 1.86. The second-order valence-electron chi connectivity index (χ2n) is 8.25. The van der Waals surface area contributed by atoms with E-state index in [9.17, 15) is 0 Å². The first-order chi connectivity index (χ1) is 13.8. The highest BCUT2D eigenvalue weighted by Crippen LogP contribution is 2.35. The van der Waals surface area contributed by atoms with Gasteiger partial charge in [-0.2, -0.15) is 0 Å². The Labute approximate surface area is 171 Å². The minimum atomic E-state index is 0.553. The zero-order chi connectivity index (χ0) is 18.9. The van der Waals surface area contributed by atoms with Crippen LogP contribution in [0, 0.1) is 6.92 Å². The van der Waals surface area contributed by atoms with E-state index < -0.39 is 0 Å². The molecular formula is C23H28N4S. The van der Waals surface area contributed by atoms with Crippen molar-refractivity contribution in [2.75, 3.05) is 19.6 Å². The van der Waals surface area contributed by atoms with Crippen molar-refractivity contribution >= 4 is 11.3 Å². The smallest absolute Gasteiger partial charge is 0.165 e. The fraction of sp³-hybridized carbons (Fsp3) is 0.478. The Morgan fingerprint density at radius 1 is 1.04 bits per heavy atom. The van der Waals surface area contributed by atoms with Crippen molar-refractivity contribution in [3.8, 4) is 11.4 Å². The molecule has 146 valence electrons. The highest BCUT2D eigenvalue weighted by atomic mass is 32.1. The minimum Gasteiger partial charge on any atom is -0.311 e. The Morgan fingerprint density at radius 3 is 2.68 bits per heavy atom. The summed E-state index contributed by atoms with van der Waals surface area (Å²) in [6.07, 6.45) is 5.91. The highest BCUT2D eigenvalue weighted by Gasteiger charge is 2.28. The maximum atomic E-state index is 4.67. The van der Waals surface area contributed by atoms with E-state index in [2.05, 4.69) is 62.3 Å². The lowest BCUT2D eigenvalue weighted by atomic mass is 9.95. The third-order valence-corrected chi connectivity index (χ3v) is 7.32. The van der Waals surface area contributed by atoms with Crippen LogP contribution >= 0.6 is 11.3 Å². The Hall–Kier alpha value is -1.98. The number of benzene rings is 1. The van der Waals surface area contributed by atoms with Crippen molar-refractivity contribution in [1.82, 2.24) is 19.7 Å². The number of fused-ring (bicyclic) bond motifs is 3. The summed E-state index contributed by atoms with van der Waals surface area (Å²) in [5, 5.41) is 11.5. The quantitative estimate of drug-likeness (QED) is 0.646. The molecule has 0 unspecified atom stereocenters. The van der Waals surface area contributed by atoms with Crippen molar-refractivity contribution in [3.05, 3.63) is 57.5 Å². The second kappa shape index (κ2) is 7.80. The molecule has 0 radical (unpaired) electrons. The van der Waals surface area contributed by atoms with Gasteiger partial charge in [-0.05, 0) is 69.1 Å². The van der Waals surface area contributed by atoms with Gasteiger partial charge in [-0.3, -0.25) is 0 Å². The fourth-order valence-electron chi connectivity index (χ4n) is 4.62. The molecule has 3 aromatic rings. The lowest BCUT2D eigenvalue weighted by Crippen LogP contribution is -2.35. The predicted octanol–water partition coefficient (Wildman–Crippen LogP) is 4.68. The number of likely N-dealkylation sites (tertiary alicyclic amines) is 1. The van der Waals surface area contributed by atoms with Crippen LogP contribution < -0.4 is 0 Å². The first-order valence-corrected chi connectivity index (χ1v) is 11.4. The third kappa shape index (κ3) is 3.53. The van der Waals surface area contributed by atoms with Gasteiger partial charge in [0.1, 0.15) is 5.82 Å². The van der Waals surface area contributed by atoms with Gasteiger partial charge in [0.2, 0.25) is 0 Å². The predicted molar refractivity (Wildman–Crippen MR) is 115 cm³/mol.